The largest absolute Gasteiger partial charge is 0.300 e. The molecule has 8 heteroatoms. The van der Waals surface area contributed by atoms with Gasteiger partial charge in [0.2, 0.25) is 10.0 Å². The topological polar surface area (TPSA) is 81.2 Å². The van der Waals surface area contributed by atoms with E-state index in [9.17, 15) is 12.8 Å². The third-order valence-electron chi connectivity index (χ3n) is 5.10. The summed E-state index contributed by atoms with van der Waals surface area (Å²) in [6, 6.07) is 13.8. The van der Waals surface area contributed by atoms with E-state index in [0.29, 0.717) is 13.0 Å². The molecule has 0 bridgehead atoms. The maximum absolute atomic E-state index is 14.9. The number of unbranched alkanes of at least 4 members (excludes halogenated alkanes) is 1. The lowest BCUT2D eigenvalue weighted by Crippen LogP contribution is -2.19. The number of aromatic nitrogens is 2. The van der Waals surface area contributed by atoms with Crippen molar-refractivity contribution in [1.82, 2.24) is 14.7 Å². The van der Waals surface area contributed by atoms with E-state index >= 15 is 0 Å². The van der Waals surface area contributed by atoms with E-state index in [1.165, 1.54) is 12.1 Å². The Labute approximate surface area is 183 Å². The SMILES string of the molecule is CCCCN(C)Cc1cc(Cc2cccc(C)c2)n(-c2ccc(S(N)(=O)=O)cc2F)n1. The average Bonchev–Trinajstić information content (AvgIpc) is 3.07. The van der Waals surface area contributed by atoms with Gasteiger partial charge in [0.25, 0.3) is 0 Å². The Morgan fingerprint density at radius 3 is 2.58 bits per heavy atom. The third kappa shape index (κ3) is 6.00. The summed E-state index contributed by atoms with van der Waals surface area (Å²) in [5, 5.41) is 9.79. The van der Waals surface area contributed by atoms with E-state index in [4.69, 9.17) is 5.14 Å². The summed E-state index contributed by atoms with van der Waals surface area (Å²) in [7, 11) is -1.95. The quantitative estimate of drug-likeness (QED) is 0.544. The number of nitrogens with zero attached hydrogens (tertiary/aromatic N) is 3. The van der Waals surface area contributed by atoms with Crippen LogP contribution in [0.4, 0.5) is 4.39 Å². The predicted octanol–water partition coefficient (Wildman–Crippen LogP) is 3.79. The molecule has 2 aromatic carbocycles. The lowest BCUT2D eigenvalue weighted by molar-refractivity contribution is 0.316. The lowest BCUT2D eigenvalue weighted by atomic mass is 10.1. The van der Waals surface area contributed by atoms with Crippen molar-refractivity contribution in [2.24, 2.45) is 5.14 Å². The minimum Gasteiger partial charge on any atom is -0.300 e. The van der Waals surface area contributed by atoms with Crippen molar-refractivity contribution in [3.05, 3.63) is 76.9 Å². The second-order valence-corrected chi connectivity index (χ2v) is 9.52. The lowest BCUT2D eigenvalue weighted by Gasteiger charge is -2.14. The highest BCUT2D eigenvalue weighted by Gasteiger charge is 2.17. The van der Waals surface area contributed by atoms with Crippen molar-refractivity contribution in [1.29, 1.82) is 0 Å². The molecule has 0 saturated carbocycles. The van der Waals surface area contributed by atoms with Gasteiger partial charge in [-0.05, 0) is 56.8 Å². The number of nitrogens with two attached hydrogens (primary N) is 1. The second kappa shape index (κ2) is 9.72. The van der Waals surface area contributed by atoms with Crippen LogP contribution >= 0.6 is 0 Å². The number of sulfonamides is 1. The Bertz CT molecular complexity index is 1160. The number of rotatable bonds is 9. The van der Waals surface area contributed by atoms with Crippen molar-refractivity contribution in [3.8, 4) is 5.69 Å². The summed E-state index contributed by atoms with van der Waals surface area (Å²) in [6.45, 7) is 5.77. The minimum absolute atomic E-state index is 0.192. The summed E-state index contributed by atoms with van der Waals surface area (Å²) in [4.78, 5) is 1.92. The van der Waals surface area contributed by atoms with Gasteiger partial charge in [-0.3, -0.25) is 0 Å². The van der Waals surface area contributed by atoms with Gasteiger partial charge in [-0.2, -0.15) is 5.10 Å². The monoisotopic (exact) mass is 444 g/mol. The average molecular weight is 445 g/mol. The van der Waals surface area contributed by atoms with Gasteiger partial charge in [-0.25, -0.2) is 22.6 Å². The third-order valence-corrected chi connectivity index (χ3v) is 6.01. The molecule has 0 atom stereocenters. The highest BCUT2D eigenvalue weighted by Crippen LogP contribution is 2.22. The highest BCUT2D eigenvalue weighted by molar-refractivity contribution is 7.89. The maximum Gasteiger partial charge on any atom is 0.238 e. The number of hydrogen-bond acceptors (Lipinski definition) is 4. The van der Waals surface area contributed by atoms with Gasteiger partial charge in [-0.15, -0.1) is 0 Å². The molecular formula is C23H29FN4O2S. The smallest absolute Gasteiger partial charge is 0.238 e. The van der Waals surface area contributed by atoms with Crippen LogP contribution in [-0.4, -0.2) is 36.7 Å². The fourth-order valence-corrected chi connectivity index (χ4v) is 4.06. The predicted molar refractivity (Wildman–Crippen MR) is 120 cm³/mol. The number of halogens is 1. The zero-order valence-electron chi connectivity index (χ0n) is 18.2. The number of aryl methyl sites for hydroxylation is 1. The van der Waals surface area contributed by atoms with Crippen LogP contribution in [0, 0.1) is 12.7 Å². The van der Waals surface area contributed by atoms with E-state index in [2.05, 4.69) is 23.0 Å². The first-order chi connectivity index (χ1) is 14.7. The first-order valence-corrected chi connectivity index (χ1v) is 11.9. The molecule has 1 heterocycles. The molecule has 1 aromatic heterocycles. The van der Waals surface area contributed by atoms with Crippen molar-refractivity contribution in [3.63, 3.8) is 0 Å². The van der Waals surface area contributed by atoms with E-state index in [1.807, 2.05) is 38.2 Å². The fourth-order valence-electron chi connectivity index (χ4n) is 3.54. The van der Waals surface area contributed by atoms with Crippen LogP contribution in [0.3, 0.4) is 0 Å². The van der Waals surface area contributed by atoms with Gasteiger partial charge in [0.1, 0.15) is 11.5 Å². The van der Waals surface area contributed by atoms with Crippen LogP contribution in [0.15, 0.2) is 53.4 Å². The van der Waals surface area contributed by atoms with Crippen molar-refractivity contribution in [2.75, 3.05) is 13.6 Å². The molecule has 2 N–H and O–H groups in total. The van der Waals surface area contributed by atoms with E-state index in [-0.39, 0.29) is 10.6 Å². The molecule has 0 aliphatic carbocycles. The van der Waals surface area contributed by atoms with E-state index in [1.54, 1.807) is 4.68 Å². The molecule has 0 aliphatic rings. The molecule has 6 nitrogen and oxygen atoms in total. The maximum atomic E-state index is 14.9. The Kier molecular flexibility index (Phi) is 7.25. The number of primary sulfonamides is 1. The first kappa shape index (κ1) is 23.1. The molecule has 166 valence electrons. The fraction of sp³-hybridized carbons (Fsp3) is 0.348. The van der Waals surface area contributed by atoms with Crippen LogP contribution in [0.5, 0.6) is 0 Å². The Hall–Kier alpha value is -2.55. The van der Waals surface area contributed by atoms with Crippen LogP contribution in [0.2, 0.25) is 0 Å². The van der Waals surface area contributed by atoms with Gasteiger partial charge < -0.3 is 4.90 Å². The number of benzene rings is 2. The van der Waals surface area contributed by atoms with Gasteiger partial charge in [0.05, 0.1) is 10.6 Å². The Morgan fingerprint density at radius 1 is 1.16 bits per heavy atom. The van der Waals surface area contributed by atoms with Gasteiger partial charge >= 0.3 is 0 Å². The molecule has 0 aliphatic heterocycles. The Balaban J connectivity index is 2.00. The zero-order chi connectivity index (χ0) is 22.6. The van der Waals surface area contributed by atoms with Gasteiger partial charge in [0.15, 0.2) is 0 Å². The van der Waals surface area contributed by atoms with Crippen LogP contribution in [0.1, 0.15) is 42.3 Å². The van der Waals surface area contributed by atoms with Gasteiger partial charge in [-0.1, -0.05) is 43.2 Å². The molecule has 3 rings (SSSR count). The normalized spacial score (nSPS) is 11.9. The molecule has 31 heavy (non-hydrogen) atoms. The second-order valence-electron chi connectivity index (χ2n) is 7.95. The van der Waals surface area contributed by atoms with Gasteiger partial charge in [0, 0.05) is 18.7 Å². The van der Waals surface area contributed by atoms with Crippen LogP contribution < -0.4 is 5.14 Å². The Morgan fingerprint density at radius 2 is 1.94 bits per heavy atom. The summed E-state index contributed by atoms with van der Waals surface area (Å²) < 4.78 is 39.6. The summed E-state index contributed by atoms with van der Waals surface area (Å²) in [5.41, 5.74) is 4.08. The molecule has 0 unspecified atom stereocenters. The summed E-state index contributed by atoms with van der Waals surface area (Å²) in [6.07, 6.45) is 2.78. The highest BCUT2D eigenvalue weighted by atomic mass is 32.2. The zero-order valence-corrected chi connectivity index (χ0v) is 19.0. The van der Waals surface area contributed by atoms with E-state index < -0.39 is 15.8 Å². The summed E-state index contributed by atoms with van der Waals surface area (Å²) >= 11 is 0. The van der Waals surface area contributed by atoms with Crippen LogP contribution in [0.25, 0.3) is 5.69 Å². The molecule has 0 saturated heterocycles. The summed E-state index contributed by atoms with van der Waals surface area (Å²) in [5.74, 6) is -0.689. The molecule has 0 radical (unpaired) electrons. The van der Waals surface area contributed by atoms with E-state index in [0.717, 1.165) is 48.0 Å². The number of hydrogen-bond donors (Lipinski definition) is 1. The molecule has 0 amide bonds. The molecule has 0 fully saturated rings. The van der Waals surface area contributed by atoms with Crippen LogP contribution in [-0.2, 0) is 23.0 Å². The molecular weight excluding hydrogens is 415 g/mol. The van der Waals surface area contributed by atoms with Crippen molar-refractivity contribution in [2.45, 2.75) is 44.6 Å². The van der Waals surface area contributed by atoms with Crippen molar-refractivity contribution < 1.29 is 12.8 Å². The van der Waals surface area contributed by atoms with Crippen molar-refractivity contribution >= 4 is 10.0 Å². The minimum atomic E-state index is -3.98. The standard InChI is InChI=1S/C23H29FN4O2S/c1-4-5-11-27(3)16-19-14-20(13-18-8-6-7-17(2)12-18)28(26-19)23-10-9-21(15-22(23)24)31(25,29)30/h6-10,12,14-15H,4-5,11,13,16H2,1-3H3,(H2,25,29,30). The molecule has 3 aromatic rings. The molecule has 0 spiro atoms. The first-order valence-electron chi connectivity index (χ1n) is 10.3.